The van der Waals surface area contributed by atoms with Crippen LogP contribution in [0.25, 0.3) is 0 Å². The zero-order valence-corrected chi connectivity index (χ0v) is 21.5. The first-order chi connectivity index (χ1) is 15.2. The van der Waals surface area contributed by atoms with E-state index in [0.717, 1.165) is 21.7 Å². The number of sulfonamides is 1. The van der Waals surface area contributed by atoms with E-state index in [4.69, 9.17) is 11.6 Å². The predicted octanol–water partition coefficient (Wildman–Crippen LogP) is 3.75. The fraction of sp³-hybridized carbons (Fsp3) is 0.417. The van der Waals surface area contributed by atoms with Gasteiger partial charge in [-0.25, -0.2) is 8.42 Å². The summed E-state index contributed by atoms with van der Waals surface area (Å²) in [6.07, 6.45) is 1.04. The van der Waals surface area contributed by atoms with E-state index >= 15 is 0 Å². The fourth-order valence-corrected chi connectivity index (χ4v) is 4.14. The Balaban J connectivity index is 2.38. The second-order valence-corrected chi connectivity index (χ2v) is 11.5. The number of carbonyl (C=O) groups is 2. The van der Waals surface area contributed by atoms with Crippen molar-refractivity contribution in [2.24, 2.45) is 0 Å². The summed E-state index contributed by atoms with van der Waals surface area (Å²) >= 11 is 5.93. The van der Waals surface area contributed by atoms with Crippen LogP contribution in [-0.4, -0.2) is 49.5 Å². The Labute approximate surface area is 201 Å². The Morgan fingerprint density at radius 3 is 2.06 bits per heavy atom. The van der Waals surface area contributed by atoms with Gasteiger partial charge in [0.2, 0.25) is 21.8 Å². The monoisotopic (exact) mass is 493 g/mol. The lowest BCUT2D eigenvalue weighted by Gasteiger charge is -2.33. The maximum absolute atomic E-state index is 13.4. The SMILES string of the molecule is Cc1ccc(CN(C(=O)CN(c2ccc(Cl)cc2)S(C)(=O)=O)C(C)C(=O)NC(C)(C)C)cc1. The van der Waals surface area contributed by atoms with Gasteiger partial charge in [-0.05, 0) is 64.4 Å². The molecule has 1 unspecified atom stereocenters. The van der Waals surface area contributed by atoms with Crippen LogP contribution >= 0.6 is 11.6 Å². The summed E-state index contributed by atoms with van der Waals surface area (Å²) in [4.78, 5) is 27.7. The zero-order valence-electron chi connectivity index (χ0n) is 19.9. The summed E-state index contributed by atoms with van der Waals surface area (Å²) in [6, 6.07) is 13.0. The summed E-state index contributed by atoms with van der Waals surface area (Å²) in [5.41, 5.74) is 1.74. The highest BCUT2D eigenvalue weighted by Crippen LogP contribution is 2.21. The van der Waals surface area contributed by atoms with Gasteiger partial charge in [-0.2, -0.15) is 0 Å². The van der Waals surface area contributed by atoms with Crippen LogP contribution < -0.4 is 9.62 Å². The molecule has 0 heterocycles. The first-order valence-electron chi connectivity index (χ1n) is 10.6. The number of nitrogens with zero attached hydrogens (tertiary/aromatic N) is 2. The van der Waals surface area contributed by atoms with Crippen LogP contribution in [-0.2, 0) is 26.2 Å². The number of hydrogen-bond donors (Lipinski definition) is 1. The van der Waals surface area contributed by atoms with Crippen molar-refractivity contribution in [2.75, 3.05) is 17.1 Å². The summed E-state index contributed by atoms with van der Waals surface area (Å²) in [7, 11) is -3.77. The predicted molar refractivity (Wildman–Crippen MR) is 133 cm³/mol. The molecule has 9 heteroatoms. The zero-order chi connectivity index (χ0) is 25.0. The van der Waals surface area contributed by atoms with E-state index in [-0.39, 0.29) is 12.5 Å². The molecule has 2 amide bonds. The van der Waals surface area contributed by atoms with Crippen molar-refractivity contribution in [3.05, 3.63) is 64.7 Å². The molecule has 0 bridgehead atoms. The van der Waals surface area contributed by atoms with Crippen LogP contribution in [0.2, 0.25) is 5.02 Å². The maximum Gasteiger partial charge on any atom is 0.244 e. The largest absolute Gasteiger partial charge is 0.350 e. The van der Waals surface area contributed by atoms with E-state index in [1.54, 1.807) is 19.1 Å². The third kappa shape index (κ3) is 8.05. The second-order valence-electron chi connectivity index (χ2n) is 9.17. The van der Waals surface area contributed by atoms with Crippen LogP contribution in [0.4, 0.5) is 5.69 Å². The van der Waals surface area contributed by atoms with Gasteiger partial charge >= 0.3 is 0 Å². The van der Waals surface area contributed by atoms with E-state index in [0.29, 0.717) is 10.7 Å². The highest BCUT2D eigenvalue weighted by atomic mass is 35.5. The number of amides is 2. The van der Waals surface area contributed by atoms with Gasteiger partial charge in [-0.1, -0.05) is 41.4 Å². The molecule has 1 atom stereocenters. The molecule has 2 rings (SSSR count). The summed E-state index contributed by atoms with van der Waals surface area (Å²) in [5.74, 6) is -0.812. The average molecular weight is 494 g/mol. The Morgan fingerprint density at radius 2 is 1.58 bits per heavy atom. The van der Waals surface area contributed by atoms with Crippen molar-refractivity contribution >= 4 is 39.1 Å². The molecule has 0 saturated heterocycles. The molecule has 0 spiro atoms. The molecule has 2 aromatic carbocycles. The van der Waals surface area contributed by atoms with E-state index < -0.39 is 34.1 Å². The minimum atomic E-state index is -3.77. The average Bonchev–Trinajstić information content (AvgIpc) is 2.69. The molecular weight excluding hydrogens is 462 g/mol. The third-order valence-corrected chi connectivity index (χ3v) is 6.33. The number of benzene rings is 2. The van der Waals surface area contributed by atoms with Crippen molar-refractivity contribution in [3.8, 4) is 0 Å². The fourth-order valence-electron chi connectivity index (χ4n) is 3.17. The molecule has 0 aliphatic heterocycles. The van der Waals surface area contributed by atoms with Gasteiger partial charge in [-0.3, -0.25) is 13.9 Å². The van der Waals surface area contributed by atoms with Gasteiger partial charge in [0.25, 0.3) is 0 Å². The molecule has 7 nitrogen and oxygen atoms in total. The van der Waals surface area contributed by atoms with Crippen LogP contribution in [0, 0.1) is 6.92 Å². The van der Waals surface area contributed by atoms with Gasteiger partial charge in [0.05, 0.1) is 11.9 Å². The second kappa shape index (κ2) is 10.6. The van der Waals surface area contributed by atoms with E-state index in [2.05, 4.69) is 5.32 Å². The lowest BCUT2D eigenvalue weighted by atomic mass is 10.1. The Hall–Kier alpha value is -2.58. The van der Waals surface area contributed by atoms with Crippen LogP contribution in [0.5, 0.6) is 0 Å². The normalized spacial score (nSPS) is 12.7. The van der Waals surface area contributed by atoms with Crippen molar-refractivity contribution in [1.82, 2.24) is 10.2 Å². The number of hydrogen-bond acceptors (Lipinski definition) is 4. The first kappa shape index (κ1) is 26.7. The van der Waals surface area contributed by atoms with Crippen molar-refractivity contribution in [2.45, 2.75) is 52.7 Å². The quantitative estimate of drug-likeness (QED) is 0.606. The molecule has 0 fully saturated rings. The van der Waals surface area contributed by atoms with Crippen molar-refractivity contribution in [3.63, 3.8) is 0 Å². The molecule has 180 valence electrons. The topological polar surface area (TPSA) is 86.8 Å². The number of aryl methyl sites for hydroxylation is 1. The lowest BCUT2D eigenvalue weighted by molar-refractivity contribution is -0.140. The number of carbonyl (C=O) groups excluding carboxylic acids is 2. The Kier molecular flexibility index (Phi) is 8.54. The van der Waals surface area contributed by atoms with Gasteiger partial charge in [0, 0.05) is 17.1 Å². The Morgan fingerprint density at radius 1 is 1.03 bits per heavy atom. The molecule has 1 N–H and O–H groups in total. The summed E-state index contributed by atoms with van der Waals surface area (Å²) in [5, 5.41) is 3.34. The van der Waals surface area contributed by atoms with Crippen LogP contribution in [0.15, 0.2) is 48.5 Å². The van der Waals surface area contributed by atoms with Gasteiger partial charge in [0.15, 0.2) is 0 Å². The van der Waals surface area contributed by atoms with Crippen LogP contribution in [0.3, 0.4) is 0 Å². The maximum atomic E-state index is 13.4. The van der Waals surface area contributed by atoms with E-state index in [9.17, 15) is 18.0 Å². The molecule has 0 aliphatic rings. The van der Waals surface area contributed by atoms with Crippen molar-refractivity contribution in [1.29, 1.82) is 0 Å². The molecule has 0 aliphatic carbocycles. The number of nitrogens with one attached hydrogen (secondary N) is 1. The van der Waals surface area contributed by atoms with Gasteiger partial charge < -0.3 is 10.2 Å². The summed E-state index contributed by atoms with van der Waals surface area (Å²) < 4.78 is 26.0. The standard InChI is InChI=1S/C24H32ClN3O4S/c1-17-7-9-19(10-8-17)15-27(18(2)23(30)26-24(3,4)5)22(29)16-28(33(6,31)32)21-13-11-20(25)12-14-21/h7-14,18H,15-16H2,1-6H3,(H,26,30). The first-order valence-corrected chi connectivity index (χ1v) is 12.8. The molecule has 0 aromatic heterocycles. The number of halogens is 1. The van der Waals surface area contributed by atoms with E-state index in [1.165, 1.54) is 17.0 Å². The molecule has 0 saturated carbocycles. The molecule has 0 radical (unpaired) electrons. The molecule has 33 heavy (non-hydrogen) atoms. The number of rotatable bonds is 8. The van der Waals surface area contributed by atoms with Crippen LogP contribution in [0.1, 0.15) is 38.8 Å². The summed E-state index contributed by atoms with van der Waals surface area (Å²) in [6.45, 7) is 8.89. The third-order valence-electron chi connectivity index (χ3n) is 4.93. The minimum Gasteiger partial charge on any atom is -0.350 e. The number of anilines is 1. The van der Waals surface area contributed by atoms with Gasteiger partial charge in [0.1, 0.15) is 12.6 Å². The minimum absolute atomic E-state index is 0.163. The van der Waals surface area contributed by atoms with E-state index in [1.807, 2.05) is 52.0 Å². The smallest absolute Gasteiger partial charge is 0.244 e. The lowest BCUT2D eigenvalue weighted by Crippen LogP contribution is -2.54. The highest BCUT2D eigenvalue weighted by Gasteiger charge is 2.31. The Bertz CT molecular complexity index is 1080. The van der Waals surface area contributed by atoms with Crippen molar-refractivity contribution < 1.29 is 18.0 Å². The molecular formula is C24H32ClN3O4S. The highest BCUT2D eigenvalue weighted by molar-refractivity contribution is 7.92. The van der Waals surface area contributed by atoms with Gasteiger partial charge in [-0.15, -0.1) is 0 Å². The molecule has 2 aromatic rings.